The molecule has 0 spiro atoms. The molecule has 1 aliphatic rings. The summed E-state index contributed by atoms with van der Waals surface area (Å²) in [5.41, 5.74) is 2.50. The second kappa shape index (κ2) is 2.87. The number of hydrogen-bond donors (Lipinski definition) is 2. The Hall–Kier alpha value is -1.10. The molecule has 5 nitrogen and oxygen atoms in total. The van der Waals surface area contributed by atoms with Gasteiger partial charge in [0.15, 0.2) is 0 Å². The fraction of sp³-hybridized carbons (Fsp3) is 0.667. The van der Waals surface area contributed by atoms with E-state index < -0.39 is 11.9 Å². The lowest BCUT2D eigenvalue weighted by atomic mass is 10.0. The van der Waals surface area contributed by atoms with Crippen molar-refractivity contribution in [3.8, 4) is 0 Å². The summed E-state index contributed by atoms with van der Waals surface area (Å²) in [7, 11) is 1.65. The van der Waals surface area contributed by atoms with Gasteiger partial charge in [-0.05, 0) is 0 Å². The largest absolute Gasteiger partial charge is 0.481 e. The van der Waals surface area contributed by atoms with Crippen molar-refractivity contribution in [3.05, 3.63) is 0 Å². The predicted molar refractivity (Wildman–Crippen MR) is 36.5 cm³/mol. The Bertz CT molecular complexity index is 192. The number of nitrogens with zero attached hydrogens (tertiary/aromatic N) is 1. The van der Waals surface area contributed by atoms with Crippen molar-refractivity contribution in [1.29, 1.82) is 0 Å². The zero-order valence-corrected chi connectivity index (χ0v) is 6.20. The molecule has 1 fully saturated rings. The SMILES string of the molecule is CN1CC(C(=O)O)CC(=O)N1. The molecule has 1 rings (SSSR count). The molecule has 11 heavy (non-hydrogen) atoms. The predicted octanol–water partition coefficient (Wildman–Crippen LogP) is -0.946. The molecule has 0 saturated carbocycles. The van der Waals surface area contributed by atoms with Gasteiger partial charge in [0.1, 0.15) is 0 Å². The van der Waals surface area contributed by atoms with Gasteiger partial charge >= 0.3 is 5.97 Å². The standard InChI is InChI=1S/C6H10N2O3/c1-8-3-4(6(10)11)2-5(9)7-8/h4H,2-3H2,1H3,(H,7,9)(H,10,11). The highest BCUT2D eigenvalue weighted by atomic mass is 16.4. The van der Waals surface area contributed by atoms with Crippen LogP contribution < -0.4 is 5.43 Å². The normalized spacial score (nSPS) is 26.3. The summed E-state index contributed by atoms with van der Waals surface area (Å²) < 4.78 is 0. The van der Waals surface area contributed by atoms with E-state index in [1.807, 2.05) is 0 Å². The van der Waals surface area contributed by atoms with Gasteiger partial charge in [-0.15, -0.1) is 0 Å². The van der Waals surface area contributed by atoms with Crippen LogP contribution in [0.25, 0.3) is 0 Å². The minimum Gasteiger partial charge on any atom is -0.481 e. The van der Waals surface area contributed by atoms with Gasteiger partial charge in [0.2, 0.25) is 5.91 Å². The Kier molecular flexibility index (Phi) is 2.09. The summed E-state index contributed by atoms with van der Waals surface area (Å²) in [5.74, 6) is -1.70. The van der Waals surface area contributed by atoms with Crippen LogP contribution in [0.3, 0.4) is 0 Å². The number of nitrogens with one attached hydrogen (secondary N) is 1. The molecule has 1 heterocycles. The summed E-state index contributed by atoms with van der Waals surface area (Å²) in [6, 6.07) is 0. The minimum atomic E-state index is -0.910. The summed E-state index contributed by atoms with van der Waals surface area (Å²) >= 11 is 0. The molecule has 0 radical (unpaired) electrons. The Morgan fingerprint density at radius 1 is 1.82 bits per heavy atom. The van der Waals surface area contributed by atoms with E-state index in [1.54, 1.807) is 7.05 Å². The molecule has 0 aromatic carbocycles. The molecule has 0 aromatic rings. The molecule has 1 unspecified atom stereocenters. The van der Waals surface area contributed by atoms with Crippen molar-refractivity contribution in [2.24, 2.45) is 5.92 Å². The summed E-state index contributed by atoms with van der Waals surface area (Å²) in [5, 5.41) is 10.1. The first-order valence-corrected chi connectivity index (χ1v) is 3.33. The van der Waals surface area contributed by atoms with Crippen molar-refractivity contribution >= 4 is 11.9 Å². The van der Waals surface area contributed by atoms with E-state index in [-0.39, 0.29) is 12.3 Å². The number of carbonyl (C=O) groups excluding carboxylic acids is 1. The third kappa shape index (κ3) is 1.91. The summed E-state index contributed by atoms with van der Waals surface area (Å²) in [6.07, 6.45) is 0.0830. The second-order valence-electron chi connectivity index (χ2n) is 2.65. The van der Waals surface area contributed by atoms with Crippen LogP contribution in [0.15, 0.2) is 0 Å². The van der Waals surface area contributed by atoms with E-state index in [0.29, 0.717) is 6.54 Å². The lowest BCUT2D eigenvalue weighted by Gasteiger charge is -2.27. The van der Waals surface area contributed by atoms with Crippen LogP contribution in [0, 0.1) is 5.92 Å². The van der Waals surface area contributed by atoms with Gasteiger partial charge in [-0.2, -0.15) is 0 Å². The van der Waals surface area contributed by atoms with Crippen LogP contribution >= 0.6 is 0 Å². The van der Waals surface area contributed by atoms with E-state index >= 15 is 0 Å². The van der Waals surface area contributed by atoms with E-state index in [2.05, 4.69) is 5.43 Å². The third-order valence-electron chi connectivity index (χ3n) is 1.59. The van der Waals surface area contributed by atoms with Crippen molar-refractivity contribution in [3.63, 3.8) is 0 Å². The number of aliphatic carboxylic acids is 1. The number of hydrazine groups is 1. The van der Waals surface area contributed by atoms with Crippen LogP contribution in [0.2, 0.25) is 0 Å². The number of hydrogen-bond acceptors (Lipinski definition) is 3. The highest BCUT2D eigenvalue weighted by molar-refractivity contribution is 5.83. The molecule has 0 aliphatic carbocycles. The quantitative estimate of drug-likeness (QED) is 0.516. The maximum absolute atomic E-state index is 10.8. The Balaban J connectivity index is 2.56. The summed E-state index contributed by atoms with van der Waals surface area (Å²) in [6.45, 7) is 0.376. The number of rotatable bonds is 1. The molecule has 1 saturated heterocycles. The second-order valence-corrected chi connectivity index (χ2v) is 2.65. The van der Waals surface area contributed by atoms with Crippen LogP contribution in [-0.4, -0.2) is 35.6 Å². The fourth-order valence-corrected chi connectivity index (χ4v) is 1.09. The highest BCUT2D eigenvalue weighted by Gasteiger charge is 2.27. The van der Waals surface area contributed by atoms with E-state index in [0.717, 1.165) is 0 Å². The molecule has 1 amide bonds. The molecule has 0 aromatic heterocycles. The molecule has 0 bridgehead atoms. The van der Waals surface area contributed by atoms with Gasteiger partial charge in [0.25, 0.3) is 0 Å². The Labute approximate surface area is 64.0 Å². The lowest BCUT2D eigenvalue weighted by Crippen LogP contribution is -2.49. The molecular weight excluding hydrogens is 148 g/mol. The van der Waals surface area contributed by atoms with Crippen molar-refractivity contribution in [1.82, 2.24) is 10.4 Å². The smallest absolute Gasteiger partial charge is 0.308 e. The maximum Gasteiger partial charge on any atom is 0.308 e. The minimum absolute atomic E-state index is 0.0830. The average molecular weight is 158 g/mol. The fourth-order valence-electron chi connectivity index (χ4n) is 1.09. The monoisotopic (exact) mass is 158 g/mol. The lowest BCUT2D eigenvalue weighted by molar-refractivity contribution is -0.148. The molecule has 2 N–H and O–H groups in total. The van der Waals surface area contributed by atoms with E-state index in [9.17, 15) is 9.59 Å². The van der Waals surface area contributed by atoms with Gasteiger partial charge in [0, 0.05) is 20.0 Å². The zero-order chi connectivity index (χ0) is 8.43. The molecule has 1 aliphatic heterocycles. The van der Waals surface area contributed by atoms with Crippen LogP contribution in [0.5, 0.6) is 0 Å². The third-order valence-corrected chi connectivity index (χ3v) is 1.59. The van der Waals surface area contributed by atoms with Crippen LogP contribution in [-0.2, 0) is 9.59 Å². The van der Waals surface area contributed by atoms with Gasteiger partial charge in [-0.1, -0.05) is 0 Å². The van der Waals surface area contributed by atoms with Gasteiger partial charge < -0.3 is 5.11 Å². The Morgan fingerprint density at radius 2 is 2.45 bits per heavy atom. The molecule has 1 atom stereocenters. The van der Waals surface area contributed by atoms with Gasteiger partial charge in [-0.3, -0.25) is 15.0 Å². The highest BCUT2D eigenvalue weighted by Crippen LogP contribution is 2.08. The summed E-state index contributed by atoms with van der Waals surface area (Å²) in [4.78, 5) is 21.2. The first-order valence-electron chi connectivity index (χ1n) is 3.33. The average Bonchev–Trinajstić information content (AvgIpc) is 1.85. The molecule has 5 heteroatoms. The first kappa shape index (κ1) is 8.00. The van der Waals surface area contributed by atoms with Crippen LogP contribution in [0.4, 0.5) is 0 Å². The zero-order valence-electron chi connectivity index (χ0n) is 6.20. The topological polar surface area (TPSA) is 69.6 Å². The van der Waals surface area contributed by atoms with Crippen molar-refractivity contribution in [2.45, 2.75) is 6.42 Å². The van der Waals surface area contributed by atoms with E-state index in [1.165, 1.54) is 5.01 Å². The number of carboxylic acid groups (broad SMARTS) is 1. The van der Waals surface area contributed by atoms with Crippen LogP contribution in [0.1, 0.15) is 6.42 Å². The maximum atomic E-state index is 10.8. The van der Waals surface area contributed by atoms with Crippen molar-refractivity contribution < 1.29 is 14.7 Å². The first-order chi connectivity index (χ1) is 5.09. The van der Waals surface area contributed by atoms with Gasteiger partial charge in [0.05, 0.1) is 5.92 Å². The molecular formula is C6H10N2O3. The van der Waals surface area contributed by atoms with Crippen molar-refractivity contribution in [2.75, 3.05) is 13.6 Å². The Morgan fingerprint density at radius 3 is 2.91 bits per heavy atom. The van der Waals surface area contributed by atoms with E-state index in [4.69, 9.17) is 5.11 Å². The molecule has 62 valence electrons. The number of amides is 1. The number of carboxylic acids is 1. The number of carbonyl (C=O) groups is 2. The van der Waals surface area contributed by atoms with Gasteiger partial charge in [-0.25, -0.2) is 5.01 Å².